The number of nitrogen functional groups attached to an aromatic ring is 1. The molecule has 1 aromatic carbocycles. The molecule has 2 N–H and O–H groups in total. The van der Waals surface area contributed by atoms with Crippen LogP contribution >= 0.6 is 15.9 Å². The van der Waals surface area contributed by atoms with Gasteiger partial charge in [0.15, 0.2) is 12.4 Å². The maximum absolute atomic E-state index is 13.0. The molecule has 6 heteroatoms. The molecular weight excluding hydrogens is 303 g/mol. The van der Waals surface area contributed by atoms with Gasteiger partial charge in [0.1, 0.15) is 5.82 Å². The van der Waals surface area contributed by atoms with E-state index in [4.69, 9.17) is 10.5 Å². The molecule has 1 rings (SSSR count). The van der Waals surface area contributed by atoms with E-state index in [0.29, 0.717) is 17.6 Å². The molecule has 0 aliphatic rings. The summed E-state index contributed by atoms with van der Waals surface area (Å²) >= 11 is 3.15. The van der Waals surface area contributed by atoms with Crippen LogP contribution in [0.2, 0.25) is 0 Å². The predicted octanol–water partition coefficient (Wildman–Crippen LogP) is 2.42. The van der Waals surface area contributed by atoms with Gasteiger partial charge in [0, 0.05) is 19.2 Å². The van der Waals surface area contributed by atoms with E-state index < -0.39 is 5.82 Å². The molecule has 1 aromatic rings. The molecule has 0 aromatic heterocycles. The molecule has 0 fully saturated rings. The van der Waals surface area contributed by atoms with Crippen LogP contribution in [0.4, 0.5) is 10.1 Å². The zero-order valence-electron chi connectivity index (χ0n) is 10.4. The summed E-state index contributed by atoms with van der Waals surface area (Å²) in [4.78, 5) is 13.4. The molecule has 100 valence electrons. The second-order valence-corrected chi connectivity index (χ2v) is 4.52. The number of hydrogen-bond acceptors (Lipinski definition) is 3. The summed E-state index contributed by atoms with van der Waals surface area (Å²) in [6, 6.07) is 2.40. The van der Waals surface area contributed by atoms with Gasteiger partial charge in [-0.05, 0) is 35.8 Å². The quantitative estimate of drug-likeness (QED) is 0.848. The molecule has 18 heavy (non-hydrogen) atoms. The van der Waals surface area contributed by atoms with Crippen molar-refractivity contribution < 1.29 is 13.9 Å². The summed E-state index contributed by atoms with van der Waals surface area (Å²) in [7, 11) is 0. The zero-order valence-corrected chi connectivity index (χ0v) is 12.0. The first-order valence-electron chi connectivity index (χ1n) is 5.64. The molecule has 4 nitrogen and oxygen atoms in total. The Morgan fingerprint density at radius 3 is 2.56 bits per heavy atom. The number of rotatable bonds is 5. The van der Waals surface area contributed by atoms with Crippen LogP contribution in [-0.2, 0) is 4.79 Å². The van der Waals surface area contributed by atoms with Crippen LogP contribution in [0.3, 0.4) is 0 Å². The van der Waals surface area contributed by atoms with Gasteiger partial charge >= 0.3 is 0 Å². The molecule has 0 saturated heterocycles. The highest BCUT2D eigenvalue weighted by Crippen LogP contribution is 2.32. The number of halogens is 2. The third-order valence-electron chi connectivity index (χ3n) is 2.49. The van der Waals surface area contributed by atoms with Crippen molar-refractivity contribution >= 4 is 27.5 Å². The van der Waals surface area contributed by atoms with Crippen molar-refractivity contribution in [3.8, 4) is 5.75 Å². The summed E-state index contributed by atoms with van der Waals surface area (Å²) in [5.41, 5.74) is 5.79. The molecule has 0 aliphatic carbocycles. The lowest BCUT2D eigenvalue weighted by Gasteiger charge is -2.19. The average molecular weight is 319 g/mol. The number of anilines is 1. The van der Waals surface area contributed by atoms with Gasteiger partial charge in [0.25, 0.3) is 5.91 Å². The second-order valence-electron chi connectivity index (χ2n) is 3.66. The van der Waals surface area contributed by atoms with Crippen molar-refractivity contribution in [1.29, 1.82) is 0 Å². The second kappa shape index (κ2) is 6.58. The molecular formula is C12H16BrFN2O2. The maximum atomic E-state index is 13.0. The highest BCUT2D eigenvalue weighted by Gasteiger charge is 2.13. The van der Waals surface area contributed by atoms with Gasteiger partial charge in [-0.1, -0.05) is 0 Å². The van der Waals surface area contributed by atoms with Gasteiger partial charge in [-0.25, -0.2) is 4.39 Å². The van der Waals surface area contributed by atoms with Crippen molar-refractivity contribution in [2.45, 2.75) is 13.8 Å². The largest absolute Gasteiger partial charge is 0.480 e. The topological polar surface area (TPSA) is 55.6 Å². The summed E-state index contributed by atoms with van der Waals surface area (Å²) in [5, 5.41) is 0. The number of nitrogens with two attached hydrogens (primary N) is 1. The van der Waals surface area contributed by atoms with E-state index in [1.54, 1.807) is 4.90 Å². The Balaban J connectivity index is 2.72. The molecule has 0 heterocycles. The number of nitrogens with zero attached hydrogens (tertiary/aromatic N) is 1. The van der Waals surface area contributed by atoms with Crippen LogP contribution in [0.1, 0.15) is 13.8 Å². The zero-order chi connectivity index (χ0) is 13.7. The summed E-state index contributed by atoms with van der Waals surface area (Å²) in [5.74, 6) is -0.297. The van der Waals surface area contributed by atoms with Crippen molar-refractivity contribution in [3.05, 3.63) is 22.4 Å². The number of hydrogen-bond donors (Lipinski definition) is 1. The lowest BCUT2D eigenvalue weighted by Crippen LogP contribution is -2.34. The number of ether oxygens (including phenoxy) is 1. The van der Waals surface area contributed by atoms with E-state index >= 15 is 0 Å². The highest BCUT2D eigenvalue weighted by atomic mass is 79.9. The first kappa shape index (κ1) is 14.8. The third-order valence-corrected chi connectivity index (χ3v) is 3.08. The standard InChI is InChI=1S/C12H16BrFN2O2/c1-3-16(4-2)11(17)7-18-12-9(13)5-8(14)6-10(12)15/h5-6H,3-4,7,15H2,1-2H3. The monoisotopic (exact) mass is 318 g/mol. The van der Waals surface area contributed by atoms with Crippen molar-refractivity contribution in [1.82, 2.24) is 4.90 Å². The SMILES string of the molecule is CCN(CC)C(=O)COc1c(N)cc(F)cc1Br. The predicted molar refractivity (Wildman–Crippen MR) is 71.9 cm³/mol. The Hall–Kier alpha value is -1.30. The van der Waals surface area contributed by atoms with Gasteiger partial charge in [0.2, 0.25) is 0 Å². The Morgan fingerprint density at radius 2 is 2.06 bits per heavy atom. The molecule has 0 spiro atoms. The normalized spacial score (nSPS) is 10.2. The van der Waals surface area contributed by atoms with Crippen LogP contribution in [-0.4, -0.2) is 30.5 Å². The Bertz CT molecular complexity index is 413. The van der Waals surface area contributed by atoms with Gasteiger partial charge in [-0.15, -0.1) is 0 Å². The maximum Gasteiger partial charge on any atom is 0.260 e. The molecule has 0 bridgehead atoms. The van der Waals surface area contributed by atoms with Crippen LogP contribution in [0.5, 0.6) is 5.75 Å². The minimum absolute atomic E-state index is 0.115. The Labute approximate surface area is 114 Å². The van der Waals surface area contributed by atoms with Crippen molar-refractivity contribution in [2.24, 2.45) is 0 Å². The minimum Gasteiger partial charge on any atom is -0.480 e. The fourth-order valence-electron chi connectivity index (χ4n) is 1.53. The average Bonchev–Trinajstić information content (AvgIpc) is 2.29. The Kier molecular flexibility index (Phi) is 5.40. The number of amides is 1. The van der Waals surface area contributed by atoms with E-state index in [2.05, 4.69) is 15.9 Å². The molecule has 0 unspecified atom stereocenters. The molecule has 0 atom stereocenters. The third kappa shape index (κ3) is 3.60. The fraction of sp³-hybridized carbons (Fsp3) is 0.417. The number of benzene rings is 1. The van der Waals surface area contributed by atoms with E-state index in [1.165, 1.54) is 6.07 Å². The molecule has 1 amide bonds. The molecule has 0 radical (unpaired) electrons. The van der Waals surface area contributed by atoms with Gasteiger partial charge in [0.05, 0.1) is 10.2 Å². The fourth-order valence-corrected chi connectivity index (χ4v) is 2.10. The summed E-state index contributed by atoms with van der Waals surface area (Å²) in [6.07, 6.45) is 0. The van der Waals surface area contributed by atoms with Crippen LogP contribution in [0.25, 0.3) is 0 Å². The lowest BCUT2D eigenvalue weighted by molar-refractivity contribution is -0.132. The number of carbonyl (C=O) groups excluding carboxylic acids is 1. The van der Waals surface area contributed by atoms with Gasteiger partial charge < -0.3 is 15.4 Å². The van der Waals surface area contributed by atoms with E-state index in [0.717, 1.165) is 6.07 Å². The van der Waals surface area contributed by atoms with Crippen molar-refractivity contribution in [3.63, 3.8) is 0 Å². The molecule has 0 aliphatic heterocycles. The minimum atomic E-state index is -0.457. The first-order chi connectivity index (χ1) is 8.49. The summed E-state index contributed by atoms with van der Waals surface area (Å²) in [6.45, 7) is 4.92. The highest BCUT2D eigenvalue weighted by molar-refractivity contribution is 9.10. The van der Waals surface area contributed by atoms with Gasteiger partial charge in [-0.3, -0.25) is 4.79 Å². The van der Waals surface area contributed by atoms with Crippen LogP contribution < -0.4 is 10.5 Å². The van der Waals surface area contributed by atoms with Crippen LogP contribution in [0.15, 0.2) is 16.6 Å². The number of likely N-dealkylation sites (N-methyl/N-ethyl adjacent to an activating group) is 1. The number of carbonyl (C=O) groups is 1. The van der Waals surface area contributed by atoms with Crippen molar-refractivity contribution in [2.75, 3.05) is 25.4 Å². The first-order valence-corrected chi connectivity index (χ1v) is 6.44. The molecule has 0 saturated carbocycles. The van der Waals surface area contributed by atoms with Gasteiger partial charge in [-0.2, -0.15) is 0 Å². The van der Waals surface area contributed by atoms with E-state index in [1.807, 2.05) is 13.8 Å². The lowest BCUT2D eigenvalue weighted by atomic mass is 10.3. The van der Waals surface area contributed by atoms with E-state index in [9.17, 15) is 9.18 Å². The smallest absolute Gasteiger partial charge is 0.260 e. The summed E-state index contributed by atoms with van der Waals surface area (Å²) < 4.78 is 18.7. The Morgan fingerprint density at radius 1 is 1.44 bits per heavy atom. The van der Waals surface area contributed by atoms with E-state index in [-0.39, 0.29) is 24.0 Å². The van der Waals surface area contributed by atoms with Crippen LogP contribution in [0, 0.1) is 5.82 Å².